The van der Waals surface area contributed by atoms with Crippen LogP contribution in [-0.2, 0) is 4.74 Å². The van der Waals surface area contributed by atoms with Crippen LogP contribution in [0.3, 0.4) is 0 Å². The highest BCUT2D eigenvalue weighted by atomic mass is 79.9. The highest BCUT2D eigenvalue weighted by Crippen LogP contribution is 2.27. The Kier molecular flexibility index (Phi) is 5.87. The number of hydrogen-bond donors (Lipinski definition) is 0. The van der Waals surface area contributed by atoms with Gasteiger partial charge in [-0.1, -0.05) is 63.9 Å². The lowest BCUT2D eigenvalue weighted by Gasteiger charge is -2.18. The van der Waals surface area contributed by atoms with Crippen molar-refractivity contribution in [3.05, 3.63) is 34.3 Å². The van der Waals surface area contributed by atoms with Crippen LogP contribution in [0.2, 0.25) is 0 Å². The molecule has 1 aromatic rings. The summed E-state index contributed by atoms with van der Waals surface area (Å²) in [5.41, 5.74) is 1.20. The summed E-state index contributed by atoms with van der Waals surface area (Å²) in [6.07, 6.45) is 0.128. The molecule has 0 aliphatic carbocycles. The molecular formula is C12H16Br2O. The van der Waals surface area contributed by atoms with Crippen molar-refractivity contribution in [2.45, 2.75) is 20.0 Å². The number of benzene rings is 1. The lowest BCUT2D eigenvalue weighted by molar-refractivity contribution is 0.0503. The highest BCUT2D eigenvalue weighted by molar-refractivity contribution is 9.10. The Labute approximate surface area is 108 Å². The number of halogens is 2. The van der Waals surface area contributed by atoms with Gasteiger partial charge in [-0.25, -0.2) is 0 Å². The van der Waals surface area contributed by atoms with E-state index in [1.807, 2.05) is 18.2 Å². The first-order valence-corrected chi connectivity index (χ1v) is 6.98. The number of ether oxygens (including phenoxy) is 1. The third-order valence-corrected chi connectivity index (χ3v) is 3.33. The summed E-state index contributed by atoms with van der Waals surface area (Å²) in [5.74, 6) is 0.564. The lowest BCUT2D eigenvalue weighted by atomic mass is 10.1. The van der Waals surface area contributed by atoms with Crippen molar-refractivity contribution >= 4 is 31.9 Å². The molecule has 0 fully saturated rings. The van der Waals surface area contributed by atoms with E-state index in [4.69, 9.17) is 4.74 Å². The third kappa shape index (κ3) is 4.25. The molecule has 15 heavy (non-hydrogen) atoms. The SMILES string of the molecule is CC(C)COC(CBr)c1ccccc1Br. The van der Waals surface area contributed by atoms with Crippen LogP contribution in [0.5, 0.6) is 0 Å². The van der Waals surface area contributed by atoms with Crippen LogP contribution < -0.4 is 0 Å². The molecule has 1 nitrogen and oxygen atoms in total. The fraction of sp³-hybridized carbons (Fsp3) is 0.500. The molecule has 0 radical (unpaired) electrons. The number of alkyl halides is 1. The minimum Gasteiger partial charge on any atom is -0.372 e. The molecule has 84 valence electrons. The maximum Gasteiger partial charge on any atom is 0.0932 e. The van der Waals surface area contributed by atoms with Gasteiger partial charge >= 0.3 is 0 Å². The molecule has 0 amide bonds. The van der Waals surface area contributed by atoms with E-state index in [-0.39, 0.29) is 6.10 Å². The van der Waals surface area contributed by atoms with Crippen LogP contribution in [0.25, 0.3) is 0 Å². The molecule has 0 aliphatic rings. The van der Waals surface area contributed by atoms with Gasteiger partial charge in [0.25, 0.3) is 0 Å². The van der Waals surface area contributed by atoms with Crippen LogP contribution in [0.1, 0.15) is 25.5 Å². The minimum absolute atomic E-state index is 0.128. The molecule has 1 unspecified atom stereocenters. The summed E-state index contributed by atoms with van der Waals surface area (Å²) in [7, 11) is 0. The summed E-state index contributed by atoms with van der Waals surface area (Å²) in [4.78, 5) is 0. The monoisotopic (exact) mass is 334 g/mol. The van der Waals surface area contributed by atoms with E-state index < -0.39 is 0 Å². The quantitative estimate of drug-likeness (QED) is 0.717. The predicted octanol–water partition coefficient (Wildman–Crippen LogP) is 4.56. The Balaban J connectivity index is 2.70. The molecule has 0 saturated heterocycles. The normalized spacial score (nSPS) is 13.1. The van der Waals surface area contributed by atoms with Gasteiger partial charge < -0.3 is 4.74 Å². The standard InChI is InChI=1S/C12H16Br2O/c1-9(2)8-15-12(7-13)10-5-3-4-6-11(10)14/h3-6,9,12H,7-8H2,1-2H3. The zero-order chi connectivity index (χ0) is 11.3. The van der Waals surface area contributed by atoms with Gasteiger partial charge in [0.2, 0.25) is 0 Å². The lowest BCUT2D eigenvalue weighted by Crippen LogP contribution is -2.10. The van der Waals surface area contributed by atoms with Gasteiger partial charge in [-0.05, 0) is 17.5 Å². The molecule has 1 atom stereocenters. The van der Waals surface area contributed by atoms with E-state index in [0.29, 0.717) is 5.92 Å². The van der Waals surface area contributed by atoms with Gasteiger partial charge in [0.05, 0.1) is 6.10 Å². The zero-order valence-corrected chi connectivity index (χ0v) is 12.2. The Morgan fingerprint density at radius 2 is 1.93 bits per heavy atom. The van der Waals surface area contributed by atoms with Crippen LogP contribution in [0.4, 0.5) is 0 Å². The Morgan fingerprint density at radius 1 is 1.27 bits per heavy atom. The van der Waals surface area contributed by atoms with E-state index in [0.717, 1.165) is 16.4 Å². The summed E-state index contributed by atoms with van der Waals surface area (Å²) in [6, 6.07) is 8.19. The molecule has 0 heterocycles. The van der Waals surface area contributed by atoms with E-state index in [1.165, 1.54) is 5.56 Å². The molecule has 0 spiro atoms. The van der Waals surface area contributed by atoms with Crippen LogP contribution in [0.15, 0.2) is 28.7 Å². The summed E-state index contributed by atoms with van der Waals surface area (Å²) in [6.45, 7) is 5.11. The average Bonchev–Trinajstić information content (AvgIpc) is 2.21. The zero-order valence-electron chi connectivity index (χ0n) is 9.04. The maximum absolute atomic E-state index is 5.84. The first-order chi connectivity index (χ1) is 7.15. The van der Waals surface area contributed by atoms with Crippen molar-refractivity contribution < 1.29 is 4.74 Å². The van der Waals surface area contributed by atoms with Gasteiger partial charge in [-0.3, -0.25) is 0 Å². The van der Waals surface area contributed by atoms with Crippen LogP contribution in [-0.4, -0.2) is 11.9 Å². The molecule has 0 aromatic heterocycles. The fourth-order valence-electron chi connectivity index (χ4n) is 1.26. The predicted molar refractivity (Wildman–Crippen MR) is 71.5 cm³/mol. The second-order valence-corrected chi connectivity index (χ2v) is 5.39. The summed E-state index contributed by atoms with van der Waals surface area (Å²) >= 11 is 7.03. The molecule has 0 bridgehead atoms. The van der Waals surface area contributed by atoms with Crippen molar-refractivity contribution in [3.8, 4) is 0 Å². The average molecular weight is 336 g/mol. The smallest absolute Gasteiger partial charge is 0.0932 e. The van der Waals surface area contributed by atoms with Gasteiger partial charge in [-0.2, -0.15) is 0 Å². The largest absolute Gasteiger partial charge is 0.372 e. The Hall–Kier alpha value is 0.140. The third-order valence-electron chi connectivity index (χ3n) is 2.02. The van der Waals surface area contributed by atoms with Gasteiger partial charge in [-0.15, -0.1) is 0 Å². The Bertz CT molecular complexity index is 299. The first kappa shape index (κ1) is 13.2. The van der Waals surface area contributed by atoms with Gasteiger partial charge in [0.1, 0.15) is 0 Å². The topological polar surface area (TPSA) is 9.23 Å². The minimum atomic E-state index is 0.128. The van der Waals surface area contributed by atoms with Crippen molar-refractivity contribution in [1.82, 2.24) is 0 Å². The maximum atomic E-state index is 5.84. The van der Waals surface area contributed by atoms with E-state index in [1.54, 1.807) is 0 Å². The second kappa shape index (κ2) is 6.66. The van der Waals surface area contributed by atoms with Gasteiger partial charge in [0.15, 0.2) is 0 Å². The molecule has 1 rings (SSSR count). The van der Waals surface area contributed by atoms with Crippen LogP contribution in [0, 0.1) is 5.92 Å². The highest BCUT2D eigenvalue weighted by Gasteiger charge is 2.13. The molecule has 0 aliphatic heterocycles. The van der Waals surface area contributed by atoms with Crippen molar-refractivity contribution in [2.24, 2.45) is 5.92 Å². The van der Waals surface area contributed by atoms with E-state index in [9.17, 15) is 0 Å². The van der Waals surface area contributed by atoms with Crippen LogP contribution >= 0.6 is 31.9 Å². The number of rotatable bonds is 5. The van der Waals surface area contributed by atoms with Crippen molar-refractivity contribution in [2.75, 3.05) is 11.9 Å². The first-order valence-electron chi connectivity index (χ1n) is 5.07. The number of hydrogen-bond acceptors (Lipinski definition) is 1. The van der Waals surface area contributed by atoms with E-state index >= 15 is 0 Å². The molecular weight excluding hydrogens is 320 g/mol. The summed E-state index contributed by atoms with van der Waals surface area (Å²) in [5, 5.41) is 0.822. The second-order valence-electron chi connectivity index (χ2n) is 3.89. The fourth-order valence-corrected chi connectivity index (χ4v) is 2.34. The van der Waals surface area contributed by atoms with Gasteiger partial charge in [0, 0.05) is 16.4 Å². The summed E-state index contributed by atoms with van der Waals surface area (Å²) < 4.78 is 6.95. The van der Waals surface area contributed by atoms with Crippen molar-refractivity contribution in [1.29, 1.82) is 0 Å². The van der Waals surface area contributed by atoms with Crippen molar-refractivity contribution in [3.63, 3.8) is 0 Å². The molecule has 0 N–H and O–H groups in total. The molecule has 0 saturated carbocycles. The van der Waals surface area contributed by atoms with E-state index in [2.05, 4.69) is 51.8 Å². The molecule has 3 heteroatoms. The molecule has 1 aromatic carbocycles. The Morgan fingerprint density at radius 3 is 2.47 bits per heavy atom.